The van der Waals surface area contributed by atoms with Gasteiger partial charge < -0.3 is 11.5 Å². The van der Waals surface area contributed by atoms with E-state index < -0.39 is 9.87 Å². The van der Waals surface area contributed by atoms with Gasteiger partial charge in [0.15, 0.2) is 0 Å². The molecule has 0 radical (unpaired) electrons. The van der Waals surface area contributed by atoms with E-state index in [4.69, 9.17) is 34.7 Å². The first-order valence-corrected chi connectivity index (χ1v) is 5.31. The van der Waals surface area contributed by atoms with E-state index in [-0.39, 0.29) is 11.3 Å². The van der Waals surface area contributed by atoms with Crippen LogP contribution in [0.1, 0.15) is 27.2 Å². The minimum atomic E-state index is -0.896. The van der Waals surface area contributed by atoms with E-state index in [0.29, 0.717) is 6.54 Å². The fourth-order valence-electron chi connectivity index (χ4n) is 2.42. The maximum atomic E-state index is 6.45. The molecule has 0 saturated heterocycles. The molecule has 2 nitrogen and oxygen atoms in total. The Morgan fingerprint density at radius 3 is 2.00 bits per heavy atom. The lowest BCUT2D eigenvalue weighted by Crippen LogP contribution is -2.60. The molecular formula is C9H18Cl2N2. The molecule has 0 bridgehead atoms. The minimum absolute atomic E-state index is 0.112. The fourth-order valence-corrected chi connectivity index (χ4v) is 3.09. The van der Waals surface area contributed by atoms with Crippen LogP contribution in [-0.2, 0) is 0 Å². The summed E-state index contributed by atoms with van der Waals surface area (Å²) in [6, 6.07) is 0. The Balaban J connectivity index is 3.14. The second kappa shape index (κ2) is 2.99. The molecule has 0 aromatic carbocycles. The molecular weight excluding hydrogens is 207 g/mol. The quantitative estimate of drug-likeness (QED) is 0.528. The summed E-state index contributed by atoms with van der Waals surface area (Å²) in [4.78, 5) is -1.60. The number of rotatable bonds is 1. The molecule has 0 amide bonds. The van der Waals surface area contributed by atoms with Crippen LogP contribution in [0.5, 0.6) is 0 Å². The highest BCUT2D eigenvalue weighted by Crippen LogP contribution is 2.58. The zero-order valence-electron chi connectivity index (χ0n) is 8.40. The minimum Gasteiger partial charge on any atom is -0.329 e. The predicted octanol–water partition coefficient (Wildman–Crippen LogP) is 1.88. The van der Waals surface area contributed by atoms with Crippen LogP contribution in [0, 0.1) is 11.3 Å². The van der Waals surface area contributed by atoms with Gasteiger partial charge in [-0.05, 0) is 17.8 Å². The van der Waals surface area contributed by atoms with Crippen LogP contribution in [0.15, 0.2) is 0 Å². The van der Waals surface area contributed by atoms with Crippen LogP contribution in [0.2, 0.25) is 0 Å². The summed E-state index contributed by atoms with van der Waals surface area (Å²) in [6.45, 7) is 6.47. The molecule has 1 rings (SSSR count). The van der Waals surface area contributed by atoms with E-state index in [1.54, 1.807) is 0 Å². The SMILES string of the molecule is CC1CC(C)(C)C(Cl)(CN)C1(N)Cl. The molecule has 3 atom stereocenters. The Labute approximate surface area is 89.9 Å². The summed E-state index contributed by atoms with van der Waals surface area (Å²) < 4.78 is 0. The third-order valence-corrected chi connectivity index (χ3v) is 5.27. The molecule has 0 spiro atoms. The van der Waals surface area contributed by atoms with Gasteiger partial charge in [0.2, 0.25) is 0 Å². The smallest absolute Gasteiger partial charge is 0.115 e. The van der Waals surface area contributed by atoms with Gasteiger partial charge in [0.25, 0.3) is 0 Å². The van der Waals surface area contributed by atoms with Crippen molar-refractivity contribution in [2.75, 3.05) is 6.54 Å². The van der Waals surface area contributed by atoms with Crippen LogP contribution in [0.4, 0.5) is 0 Å². The fraction of sp³-hybridized carbons (Fsp3) is 1.00. The molecule has 1 fully saturated rings. The van der Waals surface area contributed by atoms with E-state index in [1.165, 1.54) is 0 Å². The molecule has 4 heteroatoms. The van der Waals surface area contributed by atoms with Crippen LogP contribution in [0.3, 0.4) is 0 Å². The summed E-state index contributed by atoms with van der Waals surface area (Å²) in [5.41, 5.74) is 11.6. The van der Waals surface area contributed by atoms with Gasteiger partial charge in [-0.25, -0.2) is 0 Å². The van der Waals surface area contributed by atoms with Crippen molar-refractivity contribution < 1.29 is 0 Å². The summed E-state index contributed by atoms with van der Waals surface area (Å²) in [6.07, 6.45) is 0.910. The van der Waals surface area contributed by atoms with E-state index in [9.17, 15) is 0 Å². The lowest BCUT2D eigenvalue weighted by molar-refractivity contribution is 0.270. The molecule has 0 aromatic heterocycles. The van der Waals surface area contributed by atoms with Gasteiger partial charge in [-0.2, -0.15) is 0 Å². The van der Waals surface area contributed by atoms with Crippen molar-refractivity contribution in [2.24, 2.45) is 22.8 Å². The molecule has 78 valence electrons. The average Bonchev–Trinajstić information content (AvgIpc) is 2.10. The molecule has 0 heterocycles. The summed E-state index contributed by atoms with van der Waals surface area (Å²) in [5.74, 6) is 0.185. The van der Waals surface area contributed by atoms with Gasteiger partial charge in [0.1, 0.15) is 5.00 Å². The van der Waals surface area contributed by atoms with E-state index in [0.717, 1.165) is 6.42 Å². The molecule has 1 saturated carbocycles. The van der Waals surface area contributed by atoms with Crippen molar-refractivity contribution in [3.63, 3.8) is 0 Å². The Hall–Kier alpha value is 0.500. The monoisotopic (exact) mass is 224 g/mol. The first kappa shape index (κ1) is 11.6. The van der Waals surface area contributed by atoms with Gasteiger partial charge in [-0.15, -0.1) is 23.2 Å². The van der Waals surface area contributed by atoms with Crippen molar-refractivity contribution >= 4 is 23.2 Å². The standard InChI is InChI=1S/C9H18Cl2N2/c1-6-4-7(2,3)8(10,5-12)9(6,11)13/h6H,4-5,12-13H2,1-3H3. The lowest BCUT2D eigenvalue weighted by atomic mass is 9.80. The Morgan fingerprint density at radius 1 is 1.38 bits per heavy atom. The van der Waals surface area contributed by atoms with Crippen LogP contribution in [0.25, 0.3) is 0 Å². The third-order valence-electron chi connectivity index (χ3n) is 3.50. The highest BCUT2D eigenvalue weighted by Gasteiger charge is 2.63. The first-order valence-electron chi connectivity index (χ1n) is 4.56. The number of hydrogen-bond acceptors (Lipinski definition) is 2. The Morgan fingerprint density at radius 2 is 1.85 bits per heavy atom. The number of hydrogen-bond donors (Lipinski definition) is 2. The molecule has 1 aliphatic rings. The Kier molecular flexibility index (Phi) is 2.67. The van der Waals surface area contributed by atoms with Crippen LogP contribution in [-0.4, -0.2) is 16.4 Å². The molecule has 13 heavy (non-hydrogen) atoms. The molecule has 1 aliphatic carbocycles. The van der Waals surface area contributed by atoms with Crippen molar-refractivity contribution in [2.45, 2.75) is 37.1 Å². The topological polar surface area (TPSA) is 52.0 Å². The van der Waals surface area contributed by atoms with Gasteiger partial charge in [0.05, 0.1) is 4.87 Å². The van der Waals surface area contributed by atoms with Crippen molar-refractivity contribution in [1.82, 2.24) is 0 Å². The van der Waals surface area contributed by atoms with Crippen LogP contribution < -0.4 is 11.5 Å². The maximum Gasteiger partial charge on any atom is 0.115 e. The highest BCUT2D eigenvalue weighted by atomic mass is 35.5. The van der Waals surface area contributed by atoms with E-state index in [2.05, 4.69) is 13.8 Å². The van der Waals surface area contributed by atoms with Crippen molar-refractivity contribution in [1.29, 1.82) is 0 Å². The van der Waals surface area contributed by atoms with Crippen LogP contribution >= 0.6 is 23.2 Å². The zero-order valence-corrected chi connectivity index (χ0v) is 9.91. The second-order valence-corrected chi connectivity index (χ2v) is 6.03. The van der Waals surface area contributed by atoms with Gasteiger partial charge >= 0.3 is 0 Å². The lowest BCUT2D eigenvalue weighted by Gasteiger charge is -2.42. The maximum absolute atomic E-state index is 6.45. The third kappa shape index (κ3) is 1.30. The zero-order chi connectivity index (χ0) is 10.5. The molecule has 0 aliphatic heterocycles. The van der Waals surface area contributed by atoms with Crippen molar-refractivity contribution in [3.8, 4) is 0 Å². The summed E-state index contributed by atoms with van der Waals surface area (Å²) in [5, 5.41) is 0. The largest absolute Gasteiger partial charge is 0.329 e. The van der Waals surface area contributed by atoms with Gasteiger partial charge in [-0.3, -0.25) is 0 Å². The summed E-state index contributed by atoms with van der Waals surface area (Å²) in [7, 11) is 0. The summed E-state index contributed by atoms with van der Waals surface area (Å²) >= 11 is 12.7. The second-order valence-electron chi connectivity index (χ2n) is 4.76. The number of nitrogens with two attached hydrogens (primary N) is 2. The average molecular weight is 225 g/mol. The predicted molar refractivity (Wildman–Crippen MR) is 58.0 cm³/mol. The highest BCUT2D eigenvalue weighted by molar-refractivity contribution is 6.35. The normalized spacial score (nSPS) is 49.6. The van der Waals surface area contributed by atoms with E-state index >= 15 is 0 Å². The van der Waals surface area contributed by atoms with Gasteiger partial charge in [-0.1, -0.05) is 20.8 Å². The first-order chi connectivity index (χ1) is 5.69. The van der Waals surface area contributed by atoms with Gasteiger partial charge in [0, 0.05) is 6.54 Å². The molecule has 3 unspecified atom stereocenters. The Bertz CT molecular complexity index is 216. The molecule has 0 aromatic rings. The number of alkyl halides is 2. The number of halogens is 2. The molecule has 4 N–H and O–H groups in total. The van der Waals surface area contributed by atoms with Crippen molar-refractivity contribution in [3.05, 3.63) is 0 Å². The van der Waals surface area contributed by atoms with E-state index in [1.807, 2.05) is 6.92 Å².